The summed E-state index contributed by atoms with van der Waals surface area (Å²) in [5.74, 6) is -0.370. The van der Waals surface area contributed by atoms with E-state index >= 15 is 0 Å². The molecule has 0 aliphatic heterocycles. The predicted octanol–water partition coefficient (Wildman–Crippen LogP) is 4.35. The second kappa shape index (κ2) is 9.31. The molecule has 1 aliphatic carbocycles. The third-order valence-electron chi connectivity index (χ3n) is 5.07. The van der Waals surface area contributed by atoms with Gasteiger partial charge in [0, 0.05) is 22.8 Å². The van der Waals surface area contributed by atoms with Crippen LogP contribution in [-0.4, -0.2) is 31.2 Å². The molecule has 6 heteroatoms. The van der Waals surface area contributed by atoms with E-state index in [1.807, 2.05) is 55.5 Å². The van der Waals surface area contributed by atoms with Crippen molar-refractivity contribution in [1.82, 2.24) is 5.43 Å². The molecule has 0 fully saturated rings. The van der Waals surface area contributed by atoms with Crippen molar-refractivity contribution in [2.45, 2.75) is 6.92 Å². The highest BCUT2D eigenvalue weighted by Gasteiger charge is 2.24. The van der Waals surface area contributed by atoms with Crippen LogP contribution in [-0.2, 0) is 9.53 Å². The van der Waals surface area contributed by atoms with Gasteiger partial charge in [-0.05, 0) is 42.3 Å². The van der Waals surface area contributed by atoms with Gasteiger partial charge in [0.1, 0.15) is 11.4 Å². The summed E-state index contributed by atoms with van der Waals surface area (Å²) in [5.41, 5.74) is 7.84. The Morgan fingerprint density at radius 2 is 1.44 bits per heavy atom. The quantitative estimate of drug-likeness (QED) is 0.206. The van der Waals surface area contributed by atoms with E-state index in [-0.39, 0.29) is 11.5 Å². The number of hydrogen-bond acceptors (Lipinski definition) is 6. The topological polar surface area (TPSA) is 77.0 Å². The van der Waals surface area contributed by atoms with Crippen molar-refractivity contribution in [3.05, 3.63) is 101 Å². The number of carbonyl (C=O) groups excluding carboxylic acids is 2. The molecule has 0 atom stereocenters. The zero-order valence-corrected chi connectivity index (χ0v) is 17.8. The van der Waals surface area contributed by atoms with Gasteiger partial charge in [-0.25, -0.2) is 4.79 Å². The second-order valence-electron chi connectivity index (χ2n) is 7.03. The lowest BCUT2D eigenvalue weighted by Gasteiger charge is -2.07. The van der Waals surface area contributed by atoms with Crippen LogP contribution in [0.4, 0.5) is 0 Å². The third-order valence-corrected chi connectivity index (χ3v) is 5.07. The van der Waals surface area contributed by atoms with Crippen LogP contribution in [0.1, 0.15) is 28.4 Å². The van der Waals surface area contributed by atoms with Crippen LogP contribution in [0.15, 0.2) is 89.7 Å². The van der Waals surface area contributed by atoms with E-state index in [1.54, 1.807) is 24.3 Å². The Kier molecular flexibility index (Phi) is 6.12. The molecule has 0 spiro atoms. The van der Waals surface area contributed by atoms with Gasteiger partial charge in [-0.15, -0.1) is 0 Å². The molecular weight excluding hydrogens is 404 g/mol. The number of ketones is 1. The normalized spacial score (nSPS) is 11.9. The van der Waals surface area contributed by atoms with Gasteiger partial charge in [-0.1, -0.05) is 48.5 Å². The molecule has 0 bridgehead atoms. The van der Waals surface area contributed by atoms with Crippen LogP contribution >= 0.6 is 0 Å². The number of benzene rings is 3. The lowest BCUT2D eigenvalue weighted by Crippen LogP contribution is -2.20. The van der Waals surface area contributed by atoms with E-state index in [4.69, 9.17) is 9.47 Å². The largest absolute Gasteiger partial charge is 0.494 e. The first-order valence-corrected chi connectivity index (χ1v) is 10.2. The van der Waals surface area contributed by atoms with E-state index in [0.717, 1.165) is 22.3 Å². The van der Waals surface area contributed by atoms with E-state index in [0.29, 0.717) is 23.6 Å². The number of fused-ring (bicyclic) bond motifs is 3. The molecule has 0 saturated heterocycles. The van der Waals surface area contributed by atoms with Crippen LogP contribution in [0, 0.1) is 0 Å². The van der Waals surface area contributed by atoms with Gasteiger partial charge in [0.25, 0.3) is 0 Å². The number of nitrogens with one attached hydrogen (secondary N) is 1. The number of hydrogen-bond donors (Lipinski definition) is 1. The van der Waals surface area contributed by atoms with Gasteiger partial charge in [0.2, 0.25) is 0 Å². The first-order chi connectivity index (χ1) is 15.6. The summed E-state index contributed by atoms with van der Waals surface area (Å²) < 4.78 is 10.2. The fourth-order valence-corrected chi connectivity index (χ4v) is 3.57. The number of esters is 1. The SMILES string of the molecule is CCOc1ccc(C(=O)C=C(NN=C2c3ccccc3-c3ccccc32)C(=O)OC)cc1. The molecule has 32 heavy (non-hydrogen) atoms. The molecule has 0 aromatic heterocycles. The molecule has 1 N–H and O–H groups in total. The molecule has 0 saturated carbocycles. The Labute approximate surface area is 186 Å². The highest BCUT2D eigenvalue weighted by molar-refractivity contribution is 6.24. The Morgan fingerprint density at radius 3 is 1.97 bits per heavy atom. The fourth-order valence-electron chi connectivity index (χ4n) is 3.57. The number of allylic oxidation sites excluding steroid dienone is 1. The zero-order chi connectivity index (χ0) is 22.5. The van der Waals surface area contributed by atoms with Crippen molar-refractivity contribution in [3.63, 3.8) is 0 Å². The second-order valence-corrected chi connectivity index (χ2v) is 7.03. The molecule has 4 rings (SSSR count). The summed E-state index contributed by atoms with van der Waals surface area (Å²) in [4.78, 5) is 25.0. The molecule has 0 unspecified atom stereocenters. The summed E-state index contributed by atoms with van der Waals surface area (Å²) in [6, 6.07) is 22.5. The van der Waals surface area contributed by atoms with Gasteiger partial charge >= 0.3 is 5.97 Å². The number of ether oxygens (including phenoxy) is 2. The van der Waals surface area contributed by atoms with Crippen molar-refractivity contribution in [3.8, 4) is 16.9 Å². The van der Waals surface area contributed by atoms with E-state index in [1.165, 1.54) is 13.2 Å². The summed E-state index contributed by atoms with van der Waals surface area (Å²) in [6.07, 6.45) is 1.19. The molecule has 160 valence electrons. The molecule has 1 aliphatic rings. The molecule has 3 aromatic carbocycles. The lowest BCUT2D eigenvalue weighted by molar-refractivity contribution is -0.136. The van der Waals surface area contributed by atoms with E-state index in [9.17, 15) is 9.59 Å². The minimum atomic E-state index is -0.687. The number of rotatable bonds is 7. The first kappa shape index (κ1) is 21.1. The van der Waals surface area contributed by atoms with Crippen molar-refractivity contribution >= 4 is 17.5 Å². The fraction of sp³-hybridized carbons (Fsp3) is 0.115. The van der Waals surface area contributed by atoms with Gasteiger partial charge in [0.15, 0.2) is 5.78 Å². The Bertz CT molecular complexity index is 1180. The van der Waals surface area contributed by atoms with Crippen molar-refractivity contribution in [1.29, 1.82) is 0 Å². The highest BCUT2D eigenvalue weighted by Crippen LogP contribution is 2.36. The maximum Gasteiger partial charge on any atom is 0.356 e. The van der Waals surface area contributed by atoms with Crippen LogP contribution in [0.2, 0.25) is 0 Å². The number of hydrazone groups is 1. The third kappa shape index (κ3) is 4.16. The Balaban J connectivity index is 1.65. The van der Waals surface area contributed by atoms with Crippen molar-refractivity contribution in [2.24, 2.45) is 5.10 Å². The van der Waals surface area contributed by atoms with Crippen LogP contribution in [0.3, 0.4) is 0 Å². The maximum absolute atomic E-state index is 12.7. The van der Waals surface area contributed by atoms with Crippen LogP contribution in [0.25, 0.3) is 11.1 Å². The number of methoxy groups -OCH3 is 1. The van der Waals surface area contributed by atoms with Gasteiger partial charge in [-0.3, -0.25) is 10.2 Å². The van der Waals surface area contributed by atoms with Crippen molar-refractivity contribution in [2.75, 3.05) is 13.7 Å². The highest BCUT2D eigenvalue weighted by atomic mass is 16.5. The molecule has 0 heterocycles. The van der Waals surface area contributed by atoms with Gasteiger partial charge < -0.3 is 9.47 Å². The average molecular weight is 426 g/mol. The molecular formula is C26H22N2O4. The summed E-state index contributed by atoms with van der Waals surface area (Å²) in [7, 11) is 1.26. The van der Waals surface area contributed by atoms with Crippen LogP contribution in [0.5, 0.6) is 5.75 Å². The first-order valence-electron chi connectivity index (χ1n) is 10.2. The Hall–Kier alpha value is -4.19. The average Bonchev–Trinajstić information content (AvgIpc) is 3.15. The molecule has 3 aromatic rings. The minimum Gasteiger partial charge on any atom is -0.494 e. The predicted molar refractivity (Wildman–Crippen MR) is 123 cm³/mol. The maximum atomic E-state index is 12.7. The molecule has 6 nitrogen and oxygen atoms in total. The number of carbonyl (C=O) groups is 2. The van der Waals surface area contributed by atoms with E-state index in [2.05, 4.69) is 10.5 Å². The minimum absolute atomic E-state index is 0.0549. The summed E-state index contributed by atoms with van der Waals surface area (Å²) in [6.45, 7) is 2.43. The smallest absolute Gasteiger partial charge is 0.356 e. The van der Waals surface area contributed by atoms with Crippen LogP contribution < -0.4 is 10.2 Å². The lowest BCUT2D eigenvalue weighted by atomic mass is 10.1. The molecule has 0 amide bonds. The standard InChI is InChI=1S/C26H22N2O4/c1-3-32-18-14-12-17(13-15-18)24(29)16-23(26(30)31-2)27-28-25-21-10-6-4-8-19(21)20-9-5-7-11-22(20)25/h4-16,27H,3H2,1-2H3. The number of nitrogens with zero attached hydrogens (tertiary/aromatic N) is 1. The Morgan fingerprint density at radius 1 is 0.875 bits per heavy atom. The van der Waals surface area contributed by atoms with E-state index < -0.39 is 5.97 Å². The van der Waals surface area contributed by atoms with Gasteiger partial charge in [0.05, 0.1) is 19.4 Å². The zero-order valence-electron chi connectivity index (χ0n) is 17.8. The monoisotopic (exact) mass is 426 g/mol. The van der Waals surface area contributed by atoms with Gasteiger partial charge in [-0.2, -0.15) is 5.10 Å². The summed E-state index contributed by atoms with van der Waals surface area (Å²) >= 11 is 0. The molecule has 0 radical (unpaired) electrons. The summed E-state index contributed by atoms with van der Waals surface area (Å²) in [5, 5.41) is 4.49. The van der Waals surface area contributed by atoms with Crippen molar-refractivity contribution < 1.29 is 19.1 Å².